The van der Waals surface area contributed by atoms with Crippen LogP contribution < -0.4 is 4.74 Å². The molecule has 3 aromatic rings. The summed E-state index contributed by atoms with van der Waals surface area (Å²) in [6, 6.07) is 16.1. The first-order valence-corrected chi connectivity index (χ1v) is 17.0. The van der Waals surface area contributed by atoms with Gasteiger partial charge >= 0.3 is 0 Å². The van der Waals surface area contributed by atoms with Crippen LogP contribution in [-0.2, 0) is 32.6 Å². The summed E-state index contributed by atoms with van der Waals surface area (Å²) in [4.78, 5) is 18.3. The van der Waals surface area contributed by atoms with E-state index in [-0.39, 0.29) is 36.6 Å². The van der Waals surface area contributed by atoms with Gasteiger partial charge in [-0.3, -0.25) is 9.69 Å². The number of methoxy groups -OCH3 is 1. The van der Waals surface area contributed by atoms with Gasteiger partial charge in [-0.05, 0) is 87.2 Å². The second-order valence-electron chi connectivity index (χ2n) is 12.0. The summed E-state index contributed by atoms with van der Waals surface area (Å²) in [5.74, 6) is 0.562. The van der Waals surface area contributed by atoms with Crippen molar-refractivity contribution in [2.24, 2.45) is 0 Å². The summed E-state index contributed by atoms with van der Waals surface area (Å²) < 4.78 is 41.9. The molecule has 9 nitrogen and oxygen atoms in total. The first-order valence-electron chi connectivity index (χ1n) is 15.6. The number of hydrogen-bond acceptors (Lipinski definition) is 6. The molecule has 1 fully saturated rings. The molecular formula is C34H46N4O5S. The summed E-state index contributed by atoms with van der Waals surface area (Å²) in [6.45, 7) is 10.1. The Morgan fingerprint density at radius 1 is 0.955 bits per heavy atom. The van der Waals surface area contributed by atoms with Crippen LogP contribution in [0.15, 0.2) is 53.4 Å². The van der Waals surface area contributed by atoms with Gasteiger partial charge in [-0.1, -0.05) is 36.8 Å². The summed E-state index contributed by atoms with van der Waals surface area (Å²) in [5.41, 5.74) is 5.59. The number of aromatic nitrogens is 1. The molecule has 1 amide bonds. The third-order valence-corrected chi connectivity index (χ3v) is 11.3. The zero-order chi connectivity index (χ0) is 31.4. The van der Waals surface area contributed by atoms with Gasteiger partial charge in [0.05, 0.1) is 24.7 Å². The van der Waals surface area contributed by atoms with Gasteiger partial charge in [0.25, 0.3) is 0 Å². The fraction of sp³-hybridized carbons (Fsp3) is 0.500. The van der Waals surface area contributed by atoms with Crippen molar-refractivity contribution in [2.45, 2.75) is 64.1 Å². The third-order valence-electron chi connectivity index (χ3n) is 9.17. The van der Waals surface area contributed by atoms with E-state index in [9.17, 15) is 13.2 Å². The Bertz CT molecular complexity index is 1560. The Morgan fingerprint density at radius 2 is 1.68 bits per heavy atom. The number of hydrogen-bond donors (Lipinski definition) is 0. The molecule has 2 aliphatic rings. The molecule has 0 spiro atoms. The van der Waals surface area contributed by atoms with E-state index in [4.69, 9.17) is 9.47 Å². The maximum Gasteiger partial charge on any atom is 0.249 e. The van der Waals surface area contributed by atoms with Gasteiger partial charge < -0.3 is 18.9 Å². The monoisotopic (exact) mass is 622 g/mol. The molecular weight excluding hydrogens is 576 g/mol. The van der Waals surface area contributed by atoms with E-state index >= 15 is 0 Å². The number of sulfonamides is 1. The number of piperidine rings is 1. The molecule has 2 aromatic carbocycles. The van der Waals surface area contributed by atoms with E-state index in [1.807, 2.05) is 30.0 Å². The number of amides is 1. The fourth-order valence-corrected chi connectivity index (χ4v) is 8.25. The SMILES string of the molecule is COc1cc(C)c(S(=O)(=O)N(C)CCOCC(=O)N2CCn3c(CN4CCCCC4)ccc3C2c2ccccc2)c(C)c1C. The predicted molar refractivity (Wildman–Crippen MR) is 171 cm³/mol. The Hall–Kier alpha value is -3.18. The van der Waals surface area contributed by atoms with Crippen molar-refractivity contribution in [1.82, 2.24) is 18.7 Å². The topological polar surface area (TPSA) is 84.3 Å². The lowest BCUT2D eigenvalue weighted by Crippen LogP contribution is -2.45. The van der Waals surface area contributed by atoms with E-state index in [0.717, 1.165) is 43.0 Å². The minimum Gasteiger partial charge on any atom is -0.496 e. The molecule has 0 saturated carbocycles. The van der Waals surface area contributed by atoms with Crippen molar-refractivity contribution in [3.05, 3.63) is 82.2 Å². The van der Waals surface area contributed by atoms with Crippen molar-refractivity contribution in [1.29, 1.82) is 0 Å². The number of fused-ring (bicyclic) bond motifs is 1. The number of benzene rings is 2. The summed E-state index contributed by atoms with van der Waals surface area (Å²) in [6.07, 6.45) is 3.82. The van der Waals surface area contributed by atoms with Crippen molar-refractivity contribution < 1.29 is 22.7 Å². The molecule has 2 aliphatic heterocycles. The predicted octanol–water partition coefficient (Wildman–Crippen LogP) is 4.68. The highest BCUT2D eigenvalue weighted by Gasteiger charge is 2.34. The maximum atomic E-state index is 13.6. The minimum atomic E-state index is -3.76. The summed E-state index contributed by atoms with van der Waals surface area (Å²) in [5, 5.41) is 0. The first-order chi connectivity index (χ1) is 21.1. The van der Waals surface area contributed by atoms with Crippen LogP contribution in [0.1, 0.15) is 58.9 Å². The zero-order valence-corrected chi connectivity index (χ0v) is 27.5. The fourth-order valence-electron chi connectivity index (χ4n) is 6.62. The van der Waals surface area contributed by atoms with Crippen molar-refractivity contribution in [3.8, 4) is 5.75 Å². The second-order valence-corrected chi connectivity index (χ2v) is 14.0. The molecule has 5 rings (SSSR count). The number of nitrogens with zero attached hydrogens (tertiary/aromatic N) is 4. The maximum absolute atomic E-state index is 13.6. The molecule has 0 bridgehead atoms. The van der Waals surface area contributed by atoms with E-state index in [0.29, 0.717) is 23.4 Å². The molecule has 1 aromatic heterocycles. The van der Waals surface area contributed by atoms with Gasteiger partial charge in [0, 0.05) is 44.6 Å². The molecule has 10 heteroatoms. The number of likely N-dealkylation sites (N-methyl/N-ethyl adjacent to an activating group) is 1. The molecule has 0 aliphatic carbocycles. The number of rotatable bonds is 11. The van der Waals surface area contributed by atoms with Gasteiger partial charge in [0.2, 0.25) is 15.9 Å². The van der Waals surface area contributed by atoms with Crippen LogP contribution in [0.3, 0.4) is 0 Å². The molecule has 1 atom stereocenters. The van der Waals surface area contributed by atoms with E-state index in [2.05, 4.69) is 33.7 Å². The van der Waals surface area contributed by atoms with Gasteiger partial charge in [-0.25, -0.2) is 8.42 Å². The van der Waals surface area contributed by atoms with Crippen LogP contribution >= 0.6 is 0 Å². The average Bonchev–Trinajstić information content (AvgIpc) is 3.43. The molecule has 0 radical (unpaired) electrons. The van der Waals surface area contributed by atoms with Crippen LogP contribution in [0.25, 0.3) is 0 Å². The van der Waals surface area contributed by atoms with Gasteiger partial charge in [0.15, 0.2) is 0 Å². The molecule has 0 N–H and O–H groups in total. The molecule has 44 heavy (non-hydrogen) atoms. The number of ether oxygens (including phenoxy) is 2. The molecule has 238 valence electrons. The lowest BCUT2D eigenvalue weighted by Gasteiger charge is -2.38. The Kier molecular flexibility index (Phi) is 10.1. The van der Waals surface area contributed by atoms with Gasteiger partial charge in [0.1, 0.15) is 12.4 Å². The quantitative estimate of drug-likeness (QED) is 0.289. The van der Waals surface area contributed by atoms with Crippen molar-refractivity contribution in [2.75, 3.05) is 53.6 Å². The number of aryl methyl sites for hydroxylation is 1. The largest absolute Gasteiger partial charge is 0.496 e. The smallest absolute Gasteiger partial charge is 0.249 e. The van der Waals surface area contributed by atoms with Gasteiger partial charge in [-0.2, -0.15) is 4.31 Å². The van der Waals surface area contributed by atoms with E-state index in [1.54, 1.807) is 34.1 Å². The Morgan fingerprint density at radius 3 is 2.39 bits per heavy atom. The summed E-state index contributed by atoms with van der Waals surface area (Å²) >= 11 is 0. The highest BCUT2D eigenvalue weighted by atomic mass is 32.2. The first kappa shape index (κ1) is 32.2. The van der Waals surface area contributed by atoms with Crippen LogP contribution in [0.2, 0.25) is 0 Å². The lowest BCUT2D eigenvalue weighted by molar-refractivity contribution is -0.139. The highest BCUT2D eigenvalue weighted by molar-refractivity contribution is 7.89. The molecule has 3 heterocycles. The molecule has 1 unspecified atom stereocenters. The lowest BCUT2D eigenvalue weighted by atomic mass is 10.00. The van der Waals surface area contributed by atoms with Crippen molar-refractivity contribution in [3.63, 3.8) is 0 Å². The van der Waals surface area contributed by atoms with Crippen molar-refractivity contribution >= 4 is 15.9 Å². The van der Waals surface area contributed by atoms with Gasteiger partial charge in [-0.15, -0.1) is 0 Å². The average molecular weight is 623 g/mol. The number of likely N-dealkylation sites (tertiary alicyclic amines) is 1. The number of carbonyl (C=O) groups is 1. The van der Waals surface area contributed by atoms with Crippen LogP contribution in [-0.4, -0.2) is 86.5 Å². The minimum absolute atomic E-state index is 0.105. The standard InChI is InChI=1S/C34H46N4O5S/c1-25-22-31(42-5)26(2)27(3)34(25)44(40,41)35(4)20-21-43-24-32(39)38-19-18-37-29(23-36-16-10-7-11-17-36)14-15-30(37)33(38)28-12-8-6-9-13-28/h6,8-9,12-15,22,33H,7,10-11,16-21,23-24H2,1-5H3. The van der Waals surface area contributed by atoms with E-state index < -0.39 is 10.0 Å². The Balaban J connectivity index is 1.24. The Labute approximate surface area is 262 Å². The zero-order valence-electron chi connectivity index (χ0n) is 26.7. The van der Waals surface area contributed by atoms with Crippen LogP contribution in [0, 0.1) is 20.8 Å². The highest BCUT2D eigenvalue weighted by Crippen LogP contribution is 2.35. The van der Waals surface area contributed by atoms with Crippen LogP contribution in [0.5, 0.6) is 5.75 Å². The van der Waals surface area contributed by atoms with E-state index in [1.165, 1.54) is 29.3 Å². The van der Waals surface area contributed by atoms with Crippen LogP contribution in [0.4, 0.5) is 0 Å². The molecule has 1 saturated heterocycles. The second kappa shape index (κ2) is 13.9. The summed E-state index contributed by atoms with van der Waals surface area (Å²) in [7, 11) is -0.632. The normalized spacial score (nSPS) is 17.6. The third kappa shape index (κ3) is 6.59. The number of carbonyl (C=O) groups excluding carboxylic acids is 1.